The zero-order valence-corrected chi connectivity index (χ0v) is 14.0. The Labute approximate surface area is 143 Å². The Hall–Kier alpha value is -2.66. The quantitative estimate of drug-likeness (QED) is 0.583. The van der Waals surface area contributed by atoms with Gasteiger partial charge in [0.1, 0.15) is 5.58 Å². The standard InChI is InChI=1S/C19H16N2O2S/c1-2-12-7-8-16-14(9-12)13(11-23-16)10-18(22)21-19-20-15-5-3-4-6-17(15)24-19/h3-9,11H,2,10H2,1H3,(H,20,21,22). The Bertz CT molecular complexity index is 999. The van der Waals surface area contributed by atoms with Gasteiger partial charge < -0.3 is 9.73 Å². The van der Waals surface area contributed by atoms with Crippen molar-refractivity contribution in [1.82, 2.24) is 4.98 Å². The number of fused-ring (bicyclic) bond motifs is 2. The van der Waals surface area contributed by atoms with Gasteiger partial charge in [-0.3, -0.25) is 4.79 Å². The van der Waals surface area contributed by atoms with Crippen molar-refractivity contribution in [3.05, 3.63) is 59.9 Å². The summed E-state index contributed by atoms with van der Waals surface area (Å²) in [6, 6.07) is 14.0. The van der Waals surface area contributed by atoms with Crippen LogP contribution in [-0.4, -0.2) is 10.9 Å². The van der Waals surface area contributed by atoms with E-state index >= 15 is 0 Å². The fourth-order valence-corrected chi connectivity index (χ4v) is 3.63. The molecule has 2 aromatic carbocycles. The number of rotatable bonds is 4. The van der Waals surface area contributed by atoms with Gasteiger partial charge in [-0.15, -0.1) is 0 Å². The molecule has 5 heteroatoms. The number of aromatic nitrogens is 1. The molecule has 1 N–H and O–H groups in total. The van der Waals surface area contributed by atoms with Gasteiger partial charge in [0.15, 0.2) is 5.13 Å². The van der Waals surface area contributed by atoms with Gasteiger partial charge in [-0.2, -0.15) is 0 Å². The van der Waals surface area contributed by atoms with Gasteiger partial charge in [0.05, 0.1) is 22.9 Å². The molecule has 0 bridgehead atoms. The summed E-state index contributed by atoms with van der Waals surface area (Å²) < 4.78 is 6.62. The molecule has 0 spiro atoms. The molecule has 2 aromatic heterocycles. The zero-order valence-electron chi connectivity index (χ0n) is 13.2. The molecule has 120 valence electrons. The molecular weight excluding hydrogens is 320 g/mol. The van der Waals surface area contributed by atoms with Crippen molar-refractivity contribution in [2.45, 2.75) is 19.8 Å². The molecule has 0 fully saturated rings. The number of nitrogens with one attached hydrogen (secondary N) is 1. The highest BCUT2D eigenvalue weighted by atomic mass is 32.1. The van der Waals surface area contributed by atoms with Crippen LogP contribution in [0, 0.1) is 0 Å². The smallest absolute Gasteiger partial charge is 0.230 e. The van der Waals surface area contributed by atoms with Crippen molar-refractivity contribution in [2.75, 3.05) is 5.32 Å². The first-order valence-corrected chi connectivity index (χ1v) is 8.69. The summed E-state index contributed by atoms with van der Waals surface area (Å²) in [6.45, 7) is 2.11. The number of carbonyl (C=O) groups excluding carboxylic acids is 1. The van der Waals surface area contributed by atoms with E-state index in [0.717, 1.165) is 33.2 Å². The average Bonchev–Trinajstić information content (AvgIpc) is 3.17. The van der Waals surface area contributed by atoms with Crippen molar-refractivity contribution in [1.29, 1.82) is 0 Å². The van der Waals surface area contributed by atoms with Gasteiger partial charge in [-0.25, -0.2) is 4.98 Å². The Morgan fingerprint density at radius 1 is 1.25 bits per heavy atom. The van der Waals surface area contributed by atoms with Crippen LogP contribution in [-0.2, 0) is 17.6 Å². The lowest BCUT2D eigenvalue weighted by molar-refractivity contribution is -0.115. The van der Waals surface area contributed by atoms with E-state index in [-0.39, 0.29) is 12.3 Å². The Morgan fingerprint density at radius 2 is 2.12 bits per heavy atom. The van der Waals surface area contributed by atoms with E-state index in [9.17, 15) is 4.79 Å². The molecule has 0 aliphatic heterocycles. The maximum atomic E-state index is 12.4. The van der Waals surface area contributed by atoms with Gasteiger partial charge >= 0.3 is 0 Å². The summed E-state index contributed by atoms with van der Waals surface area (Å²) in [4.78, 5) is 16.8. The highest BCUT2D eigenvalue weighted by molar-refractivity contribution is 7.22. The number of nitrogens with zero attached hydrogens (tertiary/aromatic N) is 1. The van der Waals surface area contributed by atoms with Crippen molar-refractivity contribution in [3.63, 3.8) is 0 Å². The molecule has 0 saturated heterocycles. The molecule has 0 saturated carbocycles. The third-order valence-corrected chi connectivity index (χ3v) is 4.97. The van der Waals surface area contributed by atoms with Crippen LogP contribution in [0.4, 0.5) is 5.13 Å². The summed E-state index contributed by atoms with van der Waals surface area (Å²) in [7, 11) is 0. The second-order valence-electron chi connectivity index (χ2n) is 5.66. The van der Waals surface area contributed by atoms with Crippen LogP contribution in [0.2, 0.25) is 0 Å². The number of benzene rings is 2. The lowest BCUT2D eigenvalue weighted by Gasteiger charge is -2.01. The van der Waals surface area contributed by atoms with Crippen LogP contribution in [0.5, 0.6) is 0 Å². The van der Waals surface area contributed by atoms with Gasteiger partial charge in [-0.1, -0.05) is 36.5 Å². The minimum atomic E-state index is -0.0846. The maximum absolute atomic E-state index is 12.4. The highest BCUT2D eigenvalue weighted by Gasteiger charge is 2.13. The molecule has 0 atom stereocenters. The third-order valence-electron chi connectivity index (χ3n) is 4.02. The molecule has 1 amide bonds. The first kappa shape index (κ1) is 14.9. The van der Waals surface area contributed by atoms with Crippen molar-refractivity contribution >= 4 is 43.6 Å². The Kier molecular flexibility index (Phi) is 3.78. The number of hydrogen-bond acceptors (Lipinski definition) is 4. The molecule has 4 nitrogen and oxygen atoms in total. The fraction of sp³-hybridized carbons (Fsp3) is 0.158. The van der Waals surface area contributed by atoms with E-state index in [2.05, 4.69) is 29.4 Å². The number of amides is 1. The summed E-state index contributed by atoms with van der Waals surface area (Å²) >= 11 is 1.48. The number of furan rings is 1. The van der Waals surface area contributed by atoms with Crippen molar-refractivity contribution in [3.8, 4) is 0 Å². The van der Waals surface area contributed by atoms with Crippen LogP contribution in [0.1, 0.15) is 18.1 Å². The number of hydrogen-bond donors (Lipinski definition) is 1. The zero-order chi connectivity index (χ0) is 16.5. The Morgan fingerprint density at radius 3 is 2.96 bits per heavy atom. The summed E-state index contributed by atoms with van der Waals surface area (Å²) in [5, 5.41) is 4.53. The van der Waals surface area contributed by atoms with Gasteiger partial charge in [0.25, 0.3) is 0 Å². The third kappa shape index (κ3) is 2.78. The van der Waals surface area contributed by atoms with E-state index in [1.165, 1.54) is 16.9 Å². The van der Waals surface area contributed by atoms with E-state index in [1.807, 2.05) is 30.3 Å². The topological polar surface area (TPSA) is 55.1 Å². The van der Waals surface area contributed by atoms with Gasteiger partial charge in [-0.05, 0) is 36.2 Å². The molecule has 4 rings (SSSR count). The Balaban J connectivity index is 1.55. The summed E-state index contributed by atoms with van der Waals surface area (Å²) in [5.41, 5.74) is 3.85. The summed E-state index contributed by atoms with van der Waals surface area (Å²) in [6.07, 6.45) is 2.90. The van der Waals surface area contributed by atoms with Crippen LogP contribution in [0.25, 0.3) is 21.2 Å². The van der Waals surface area contributed by atoms with E-state index < -0.39 is 0 Å². The largest absolute Gasteiger partial charge is 0.464 e. The van der Waals surface area contributed by atoms with E-state index in [4.69, 9.17) is 4.42 Å². The number of anilines is 1. The monoisotopic (exact) mass is 336 g/mol. The SMILES string of the molecule is CCc1ccc2occ(CC(=O)Nc3nc4ccccc4s3)c2c1. The van der Waals surface area contributed by atoms with Crippen molar-refractivity contribution < 1.29 is 9.21 Å². The van der Waals surface area contributed by atoms with Gasteiger partial charge in [0, 0.05) is 10.9 Å². The lowest BCUT2D eigenvalue weighted by Crippen LogP contribution is -2.13. The lowest BCUT2D eigenvalue weighted by atomic mass is 10.1. The molecule has 0 unspecified atom stereocenters. The van der Waals surface area contributed by atoms with Crippen molar-refractivity contribution in [2.24, 2.45) is 0 Å². The van der Waals surface area contributed by atoms with Crippen LogP contribution in [0.15, 0.2) is 53.1 Å². The van der Waals surface area contributed by atoms with Crippen LogP contribution in [0.3, 0.4) is 0 Å². The van der Waals surface area contributed by atoms with E-state index in [1.54, 1.807) is 6.26 Å². The number of para-hydroxylation sites is 1. The van der Waals surface area contributed by atoms with Crippen LogP contribution < -0.4 is 5.32 Å². The average molecular weight is 336 g/mol. The second-order valence-corrected chi connectivity index (χ2v) is 6.69. The second kappa shape index (κ2) is 6.09. The fourth-order valence-electron chi connectivity index (χ4n) is 2.75. The molecule has 0 radical (unpaired) electrons. The van der Waals surface area contributed by atoms with Gasteiger partial charge in [0.2, 0.25) is 5.91 Å². The molecule has 4 aromatic rings. The summed E-state index contributed by atoms with van der Waals surface area (Å²) in [5.74, 6) is -0.0846. The number of thiazole rings is 1. The van der Waals surface area contributed by atoms with Crippen LogP contribution >= 0.6 is 11.3 Å². The highest BCUT2D eigenvalue weighted by Crippen LogP contribution is 2.26. The molecule has 24 heavy (non-hydrogen) atoms. The maximum Gasteiger partial charge on any atom is 0.230 e. The normalized spacial score (nSPS) is 11.2. The molecule has 0 aliphatic rings. The first-order valence-electron chi connectivity index (χ1n) is 7.87. The molecule has 2 heterocycles. The number of aryl methyl sites for hydroxylation is 1. The number of carbonyl (C=O) groups is 1. The van der Waals surface area contributed by atoms with E-state index in [0.29, 0.717) is 5.13 Å². The first-order chi connectivity index (χ1) is 11.7. The molecular formula is C19H16N2O2S. The predicted molar refractivity (Wildman–Crippen MR) is 97.5 cm³/mol. The minimum absolute atomic E-state index is 0.0846. The predicted octanol–water partition coefficient (Wildman–Crippen LogP) is 4.79. The molecule has 0 aliphatic carbocycles. The minimum Gasteiger partial charge on any atom is -0.464 e.